The molecule has 2 heterocycles. The molecule has 1 atom stereocenters. The van der Waals surface area contributed by atoms with Gasteiger partial charge in [0.05, 0.1) is 22.7 Å². The van der Waals surface area contributed by atoms with Crippen molar-refractivity contribution in [3.63, 3.8) is 0 Å². The van der Waals surface area contributed by atoms with Crippen LogP contribution in [0, 0.1) is 0 Å². The van der Waals surface area contributed by atoms with E-state index in [1.807, 2.05) is 18.2 Å². The molecule has 5 heteroatoms. The number of imidazole rings is 1. The van der Waals surface area contributed by atoms with E-state index in [9.17, 15) is 0 Å². The summed E-state index contributed by atoms with van der Waals surface area (Å²) < 4.78 is 7.61. The minimum atomic E-state index is -0.507. The van der Waals surface area contributed by atoms with Crippen LogP contribution in [-0.2, 0) is 10.3 Å². The van der Waals surface area contributed by atoms with E-state index >= 15 is 0 Å². The van der Waals surface area contributed by atoms with Crippen LogP contribution in [0.5, 0.6) is 0 Å². The van der Waals surface area contributed by atoms with E-state index in [-0.39, 0.29) is 6.04 Å². The second-order valence-electron chi connectivity index (χ2n) is 5.47. The van der Waals surface area contributed by atoms with Gasteiger partial charge in [-0.2, -0.15) is 0 Å². The van der Waals surface area contributed by atoms with Gasteiger partial charge in [0.25, 0.3) is 0 Å². The first-order valence-corrected chi connectivity index (χ1v) is 6.94. The SMILES string of the molecule is CC(C)n1c(C2(N)CCOC2)nc2cccc(Cl)c21. The Hall–Kier alpha value is -1.10. The Balaban J connectivity index is 2.30. The van der Waals surface area contributed by atoms with Crippen molar-refractivity contribution < 1.29 is 4.74 Å². The van der Waals surface area contributed by atoms with E-state index in [4.69, 9.17) is 27.1 Å². The highest BCUT2D eigenvalue weighted by molar-refractivity contribution is 6.35. The fourth-order valence-electron chi connectivity index (χ4n) is 2.72. The molecule has 0 spiro atoms. The number of fused-ring (bicyclic) bond motifs is 1. The largest absolute Gasteiger partial charge is 0.379 e. The Morgan fingerprint density at radius 3 is 2.89 bits per heavy atom. The average Bonchev–Trinajstić information content (AvgIpc) is 2.94. The fourth-order valence-corrected chi connectivity index (χ4v) is 2.98. The van der Waals surface area contributed by atoms with Crippen LogP contribution in [0.1, 0.15) is 32.1 Å². The standard InChI is InChI=1S/C14H18ClN3O/c1-9(2)18-12-10(15)4-3-5-11(12)17-13(18)14(16)6-7-19-8-14/h3-5,9H,6-8,16H2,1-2H3. The highest BCUT2D eigenvalue weighted by atomic mass is 35.5. The van der Waals surface area contributed by atoms with E-state index in [0.717, 1.165) is 23.3 Å². The van der Waals surface area contributed by atoms with Gasteiger partial charge < -0.3 is 15.0 Å². The molecule has 0 aliphatic carbocycles. The molecule has 3 rings (SSSR count). The van der Waals surface area contributed by atoms with E-state index < -0.39 is 5.54 Å². The summed E-state index contributed by atoms with van der Waals surface area (Å²) in [5, 5.41) is 0.715. The number of halogens is 1. The second-order valence-corrected chi connectivity index (χ2v) is 5.87. The van der Waals surface area contributed by atoms with Gasteiger partial charge >= 0.3 is 0 Å². The number of aromatic nitrogens is 2. The van der Waals surface area contributed by atoms with Gasteiger partial charge in [0.2, 0.25) is 0 Å². The molecule has 1 aliphatic rings. The molecule has 19 heavy (non-hydrogen) atoms. The fraction of sp³-hybridized carbons (Fsp3) is 0.500. The smallest absolute Gasteiger partial charge is 0.132 e. The summed E-state index contributed by atoms with van der Waals surface area (Å²) in [4.78, 5) is 4.72. The minimum Gasteiger partial charge on any atom is -0.379 e. The van der Waals surface area contributed by atoms with Gasteiger partial charge in [-0.1, -0.05) is 17.7 Å². The van der Waals surface area contributed by atoms with Crippen molar-refractivity contribution in [3.05, 3.63) is 29.0 Å². The zero-order valence-electron chi connectivity index (χ0n) is 11.2. The predicted octanol–water partition coefficient (Wildman–Crippen LogP) is 2.84. The molecule has 102 valence electrons. The maximum absolute atomic E-state index is 6.48. The summed E-state index contributed by atoms with van der Waals surface area (Å²) in [6, 6.07) is 6.03. The van der Waals surface area contributed by atoms with E-state index in [0.29, 0.717) is 18.2 Å². The molecule has 0 radical (unpaired) electrons. The summed E-state index contributed by atoms with van der Waals surface area (Å²) in [7, 11) is 0. The number of para-hydroxylation sites is 1. The van der Waals surface area contributed by atoms with Crippen molar-refractivity contribution in [1.82, 2.24) is 9.55 Å². The summed E-state index contributed by atoms with van der Waals surface area (Å²) in [5.74, 6) is 0.878. The van der Waals surface area contributed by atoms with Crippen LogP contribution in [-0.4, -0.2) is 22.8 Å². The van der Waals surface area contributed by atoms with Crippen molar-refractivity contribution in [3.8, 4) is 0 Å². The van der Waals surface area contributed by atoms with Gasteiger partial charge in [-0.3, -0.25) is 0 Å². The molecule has 0 bridgehead atoms. The van der Waals surface area contributed by atoms with Gasteiger partial charge in [-0.05, 0) is 32.4 Å². The molecule has 2 aromatic rings. The molecular weight excluding hydrogens is 262 g/mol. The van der Waals surface area contributed by atoms with Gasteiger partial charge in [0.15, 0.2) is 0 Å². The zero-order chi connectivity index (χ0) is 13.6. The molecule has 1 fully saturated rings. The first kappa shape index (κ1) is 12.9. The molecule has 2 N–H and O–H groups in total. The minimum absolute atomic E-state index is 0.251. The molecule has 1 aromatic carbocycles. The van der Waals surface area contributed by atoms with Crippen molar-refractivity contribution >= 4 is 22.6 Å². The lowest BCUT2D eigenvalue weighted by atomic mass is 9.99. The molecular formula is C14H18ClN3O. The molecule has 1 unspecified atom stereocenters. The van der Waals surface area contributed by atoms with Crippen molar-refractivity contribution in [2.75, 3.05) is 13.2 Å². The normalized spacial score (nSPS) is 23.6. The zero-order valence-corrected chi connectivity index (χ0v) is 11.9. The molecule has 4 nitrogen and oxygen atoms in total. The number of ether oxygens (including phenoxy) is 1. The van der Waals surface area contributed by atoms with Crippen LogP contribution in [0.15, 0.2) is 18.2 Å². The number of rotatable bonds is 2. The number of hydrogen-bond donors (Lipinski definition) is 1. The van der Waals surface area contributed by atoms with E-state index in [2.05, 4.69) is 18.4 Å². The quantitative estimate of drug-likeness (QED) is 0.920. The lowest BCUT2D eigenvalue weighted by Gasteiger charge is -2.24. The topological polar surface area (TPSA) is 53.1 Å². The molecule has 1 aromatic heterocycles. The third kappa shape index (κ3) is 1.95. The van der Waals surface area contributed by atoms with Crippen molar-refractivity contribution in [2.45, 2.75) is 31.8 Å². The molecule has 1 saturated heterocycles. The first-order valence-electron chi connectivity index (χ1n) is 6.56. The second kappa shape index (κ2) is 4.47. The van der Waals surface area contributed by atoms with E-state index in [1.165, 1.54) is 0 Å². The van der Waals surface area contributed by atoms with Crippen LogP contribution in [0.3, 0.4) is 0 Å². The number of benzene rings is 1. The Kier molecular flexibility index (Phi) is 3.04. The maximum Gasteiger partial charge on any atom is 0.132 e. The van der Waals surface area contributed by atoms with Gasteiger partial charge in [0.1, 0.15) is 11.4 Å². The first-order chi connectivity index (χ1) is 9.03. The maximum atomic E-state index is 6.48. The summed E-state index contributed by atoms with van der Waals surface area (Å²) in [6.07, 6.45) is 0.792. The van der Waals surface area contributed by atoms with Crippen LogP contribution < -0.4 is 5.73 Å². The van der Waals surface area contributed by atoms with Crippen molar-refractivity contribution in [1.29, 1.82) is 0 Å². The van der Waals surface area contributed by atoms with Crippen LogP contribution in [0.4, 0.5) is 0 Å². The van der Waals surface area contributed by atoms with Crippen molar-refractivity contribution in [2.24, 2.45) is 5.73 Å². The van der Waals surface area contributed by atoms with Gasteiger partial charge in [-0.25, -0.2) is 4.98 Å². The number of hydrogen-bond acceptors (Lipinski definition) is 3. The Bertz CT molecular complexity index is 614. The lowest BCUT2D eigenvalue weighted by molar-refractivity contribution is 0.175. The summed E-state index contributed by atoms with van der Waals surface area (Å²) in [5.41, 5.74) is 7.83. The Morgan fingerprint density at radius 2 is 2.26 bits per heavy atom. The number of nitrogens with zero attached hydrogens (tertiary/aromatic N) is 2. The molecule has 0 saturated carbocycles. The van der Waals surface area contributed by atoms with Gasteiger partial charge in [-0.15, -0.1) is 0 Å². The monoisotopic (exact) mass is 279 g/mol. The van der Waals surface area contributed by atoms with Crippen LogP contribution in [0.25, 0.3) is 11.0 Å². The van der Waals surface area contributed by atoms with Crippen LogP contribution in [0.2, 0.25) is 5.02 Å². The summed E-state index contributed by atoms with van der Waals surface area (Å²) in [6.45, 7) is 5.44. The third-order valence-corrected chi connectivity index (χ3v) is 3.98. The lowest BCUT2D eigenvalue weighted by Crippen LogP contribution is -2.40. The number of nitrogens with two attached hydrogens (primary N) is 1. The predicted molar refractivity (Wildman–Crippen MR) is 76.4 cm³/mol. The van der Waals surface area contributed by atoms with Gasteiger partial charge in [0, 0.05) is 12.6 Å². The Morgan fingerprint density at radius 1 is 1.47 bits per heavy atom. The Labute approximate surface area is 117 Å². The molecule has 1 aliphatic heterocycles. The highest BCUT2D eigenvalue weighted by Crippen LogP contribution is 2.34. The molecule has 0 amide bonds. The van der Waals surface area contributed by atoms with E-state index in [1.54, 1.807) is 0 Å². The highest BCUT2D eigenvalue weighted by Gasteiger charge is 2.38. The average molecular weight is 280 g/mol. The summed E-state index contributed by atoms with van der Waals surface area (Å²) >= 11 is 6.34. The van der Waals surface area contributed by atoms with Crippen LogP contribution >= 0.6 is 11.6 Å². The third-order valence-electron chi connectivity index (χ3n) is 3.67.